The summed E-state index contributed by atoms with van der Waals surface area (Å²) in [6, 6.07) is 10.3. The van der Waals surface area contributed by atoms with E-state index < -0.39 is 0 Å². The molecule has 0 spiro atoms. The third-order valence-corrected chi connectivity index (χ3v) is 5.48. The molecule has 5 nitrogen and oxygen atoms in total. The van der Waals surface area contributed by atoms with E-state index in [1.165, 1.54) is 12.1 Å². The van der Waals surface area contributed by atoms with Crippen molar-refractivity contribution in [1.29, 1.82) is 0 Å². The van der Waals surface area contributed by atoms with Crippen molar-refractivity contribution in [1.82, 2.24) is 10.2 Å². The Kier molecular flexibility index (Phi) is 8.73. The summed E-state index contributed by atoms with van der Waals surface area (Å²) in [6.45, 7) is 9.17. The van der Waals surface area contributed by atoms with Crippen LogP contribution in [-0.2, 0) is 17.9 Å². The summed E-state index contributed by atoms with van der Waals surface area (Å²) >= 11 is 3.64. The molecule has 158 valence electrons. The van der Waals surface area contributed by atoms with Crippen LogP contribution in [0.3, 0.4) is 0 Å². The van der Waals surface area contributed by atoms with Gasteiger partial charge in [-0.3, -0.25) is 4.90 Å². The molecule has 1 saturated heterocycles. The molecule has 3 rings (SSSR count). The zero-order chi connectivity index (χ0) is 20.5. The number of rotatable bonds is 10. The van der Waals surface area contributed by atoms with Gasteiger partial charge in [-0.05, 0) is 42.3 Å². The Bertz CT molecular complexity index is 767. The summed E-state index contributed by atoms with van der Waals surface area (Å²) in [6.07, 6.45) is 0. The number of hydrogen-bond donors (Lipinski definition) is 1. The van der Waals surface area contributed by atoms with Gasteiger partial charge in [0.1, 0.15) is 12.4 Å². The van der Waals surface area contributed by atoms with Gasteiger partial charge >= 0.3 is 0 Å². The van der Waals surface area contributed by atoms with Crippen LogP contribution in [-0.4, -0.2) is 50.9 Å². The molecule has 0 radical (unpaired) electrons. The fourth-order valence-electron chi connectivity index (χ4n) is 3.12. The number of nitrogens with zero attached hydrogens (tertiary/aromatic N) is 1. The zero-order valence-electron chi connectivity index (χ0n) is 16.8. The highest BCUT2D eigenvalue weighted by atomic mass is 79.9. The summed E-state index contributed by atoms with van der Waals surface area (Å²) in [5.74, 6) is 1.12. The molecule has 0 atom stereocenters. The zero-order valence-corrected chi connectivity index (χ0v) is 18.3. The molecule has 1 fully saturated rings. The number of nitrogens with one attached hydrogen (secondary N) is 1. The van der Waals surface area contributed by atoms with Crippen molar-refractivity contribution in [2.24, 2.45) is 0 Å². The molecule has 0 amide bonds. The van der Waals surface area contributed by atoms with Crippen molar-refractivity contribution in [2.45, 2.75) is 20.1 Å². The molecular weight excluding hydrogens is 439 g/mol. The van der Waals surface area contributed by atoms with E-state index in [4.69, 9.17) is 14.2 Å². The standard InChI is InChI=1S/C22H28BrFN2O3/c1-2-28-21-13-18(15-25-7-8-26-9-11-27-12-10-26)20(23)14-22(21)29-16-17-3-5-19(24)6-4-17/h3-6,13-14,25H,2,7-12,15-16H2,1H3. The van der Waals surface area contributed by atoms with Crippen LogP contribution in [0.1, 0.15) is 18.1 Å². The average molecular weight is 467 g/mol. The fourth-order valence-corrected chi connectivity index (χ4v) is 3.58. The number of halogens is 2. The van der Waals surface area contributed by atoms with Crippen molar-refractivity contribution in [3.8, 4) is 11.5 Å². The number of benzene rings is 2. The largest absolute Gasteiger partial charge is 0.490 e. The van der Waals surface area contributed by atoms with Gasteiger partial charge in [-0.25, -0.2) is 4.39 Å². The monoisotopic (exact) mass is 466 g/mol. The maximum atomic E-state index is 13.1. The third kappa shape index (κ3) is 6.96. The minimum Gasteiger partial charge on any atom is -0.490 e. The molecule has 1 N–H and O–H groups in total. The average Bonchev–Trinajstić information content (AvgIpc) is 2.74. The number of ether oxygens (including phenoxy) is 3. The van der Waals surface area contributed by atoms with Gasteiger partial charge < -0.3 is 19.5 Å². The first-order chi connectivity index (χ1) is 14.2. The second-order valence-corrected chi connectivity index (χ2v) is 7.72. The second kappa shape index (κ2) is 11.5. The van der Waals surface area contributed by atoms with E-state index in [1.54, 1.807) is 12.1 Å². The maximum absolute atomic E-state index is 13.1. The van der Waals surface area contributed by atoms with Crippen molar-refractivity contribution < 1.29 is 18.6 Å². The summed E-state index contributed by atoms with van der Waals surface area (Å²) < 4.78 is 31.1. The highest BCUT2D eigenvalue weighted by Crippen LogP contribution is 2.34. The van der Waals surface area contributed by atoms with E-state index in [9.17, 15) is 4.39 Å². The quantitative estimate of drug-likeness (QED) is 0.536. The summed E-state index contributed by atoms with van der Waals surface area (Å²) in [4.78, 5) is 2.41. The predicted molar refractivity (Wildman–Crippen MR) is 115 cm³/mol. The van der Waals surface area contributed by atoms with Crippen LogP contribution in [0.5, 0.6) is 11.5 Å². The number of hydrogen-bond acceptors (Lipinski definition) is 5. The van der Waals surface area contributed by atoms with E-state index in [2.05, 4.69) is 26.1 Å². The third-order valence-electron chi connectivity index (χ3n) is 4.74. The van der Waals surface area contributed by atoms with Gasteiger partial charge in [0.05, 0.1) is 19.8 Å². The van der Waals surface area contributed by atoms with Gasteiger partial charge in [-0.1, -0.05) is 28.1 Å². The van der Waals surface area contributed by atoms with E-state index in [0.29, 0.717) is 24.7 Å². The van der Waals surface area contributed by atoms with E-state index >= 15 is 0 Å². The second-order valence-electron chi connectivity index (χ2n) is 6.87. The lowest BCUT2D eigenvalue weighted by Gasteiger charge is -2.26. The van der Waals surface area contributed by atoms with Gasteiger partial charge in [-0.15, -0.1) is 0 Å². The van der Waals surface area contributed by atoms with Gasteiger partial charge in [0.2, 0.25) is 0 Å². The minimum absolute atomic E-state index is 0.253. The molecule has 0 aliphatic carbocycles. The molecule has 7 heteroatoms. The molecule has 1 heterocycles. The first-order valence-electron chi connectivity index (χ1n) is 9.99. The van der Waals surface area contributed by atoms with Crippen molar-refractivity contribution in [3.63, 3.8) is 0 Å². The van der Waals surface area contributed by atoms with Gasteiger partial charge in [-0.2, -0.15) is 0 Å². The summed E-state index contributed by atoms with van der Waals surface area (Å²) in [7, 11) is 0. The highest BCUT2D eigenvalue weighted by molar-refractivity contribution is 9.10. The number of morpholine rings is 1. The lowest BCUT2D eigenvalue weighted by molar-refractivity contribution is 0.0384. The molecule has 1 aliphatic heterocycles. The minimum atomic E-state index is -0.253. The smallest absolute Gasteiger partial charge is 0.162 e. The Labute approximate surface area is 180 Å². The van der Waals surface area contributed by atoms with Gasteiger partial charge in [0.15, 0.2) is 11.5 Å². The van der Waals surface area contributed by atoms with Crippen LogP contribution in [0.15, 0.2) is 40.9 Å². The van der Waals surface area contributed by atoms with E-state index in [1.807, 2.05) is 19.1 Å². The topological polar surface area (TPSA) is 43.0 Å². The predicted octanol–water partition coefficient (Wildman–Crippen LogP) is 3.99. The first-order valence-corrected chi connectivity index (χ1v) is 10.8. The molecule has 0 aromatic heterocycles. The first kappa shape index (κ1) is 22.0. The molecule has 0 saturated carbocycles. The SMILES string of the molecule is CCOc1cc(CNCCN2CCOCC2)c(Br)cc1OCc1ccc(F)cc1. The molecule has 1 aliphatic rings. The normalized spacial score (nSPS) is 14.7. The summed E-state index contributed by atoms with van der Waals surface area (Å²) in [5, 5.41) is 3.50. The van der Waals surface area contributed by atoms with Gasteiger partial charge in [0, 0.05) is 37.2 Å². The van der Waals surface area contributed by atoms with Crippen LogP contribution in [0.25, 0.3) is 0 Å². The Hall–Kier alpha value is -1.67. The van der Waals surface area contributed by atoms with E-state index in [0.717, 1.165) is 61.5 Å². The van der Waals surface area contributed by atoms with Crippen LogP contribution in [0.2, 0.25) is 0 Å². The Morgan fingerprint density at radius 2 is 1.83 bits per heavy atom. The molecule has 0 bridgehead atoms. The molecule has 2 aromatic rings. The molecular formula is C22H28BrFN2O3. The Balaban J connectivity index is 1.56. The van der Waals surface area contributed by atoms with E-state index in [-0.39, 0.29) is 5.82 Å². The van der Waals surface area contributed by atoms with Crippen LogP contribution in [0.4, 0.5) is 4.39 Å². The fraction of sp³-hybridized carbons (Fsp3) is 0.455. The van der Waals surface area contributed by atoms with Crippen LogP contribution < -0.4 is 14.8 Å². The Morgan fingerprint density at radius 1 is 1.10 bits per heavy atom. The highest BCUT2D eigenvalue weighted by Gasteiger charge is 2.12. The molecule has 2 aromatic carbocycles. The van der Waals surface area contributed by atoms with Crippen LogP contribution >= 0.6 is 15.9 Å². The Morgan fingerprint density at radius 3 is 2.55 bits per heavy atom. The lowest BCUT2D eigenvalue weighted by Crippen LogP contribution is -2.40. The molecule has 29 heavy (non-hydrogen) atoms. The summed E-state index contributed by atoms with van der Waals surface area (Å²) in [5.41, 5.74) is 2.02. The van der Waals surface area contributed by atoms with Crippen molar-refractivity contribution >= 4 is 15.9 Å². The van der Waals surface area contributed by atoms with Crippen LogP contribution in [0, 0.1) is 5.82 Å². The van der Waals surface area contributed by atoms with Crippen molar-refractivity contribution in [2.75, 3.05) is 46.0 Å². The van der Waals surface area contributed by atoms with Crippen molar-refractivity contribution in [3.05, 3.63) is 57.8 Å². The molecule has 0 unspecified atom stereocenters. The maximum Gasteiger partial charge on any atom is 0.162 e. The lowest BCUT2D eigenvalue weighted by atomic mass is 10.2. The van der Waals surface area contributed by atoms with Gasteiger partial charge in [0.25, 0.3) is 0 Å².